The molecular formula is C24H31BN2. The van der Waals surface area contributed by atoms with Crippen molar-refractivity contribution in [3.8, 4) is 11.3 Å². The van der Waals surface area contributed by atoms with E-state index in [0.717, 1.165) is 24.8 Å². The average molecular weight is 358 g/mol. The Morgan fingerprint density at radius 3 is 2.52 bits per heavy atom. The minimum atomic E-state index is 0.229. The van der Waals surface area contributed by atoms with Crippen LogP contribution in [0.25, 0.3) is 22.2 Å². The number of aromatic nitrogens is 2. The fourth-order valence-electron chi connectivity index (χ4n) is 3.94. The monoisotopic (exact) mass is 358 g/mol. The Bertz CT molecular complexity index is 950. The molecule has 2 aromatic heterocycles. The van der Waals surface area contributed by atoms with Crippen molar-refractivity contribution >= 4 is 24.2 Å². The van der Waals surface area contributed by atoms with Crippen molar-refractivity contribution in [2.24, 2.45) is 5.41 Å². The SMILES string of the molecule is [B]c1ccc2c(c1)c(CC(C)(C)CC)c(-c1cccnc1C(C)C)n2CC. The van der Waals surface area contributed by atoms with Crippen LogP contribution in [-0.4, -0.2) is 17.4 Å². The third kappa shape index (κ3) is 3.70. The van der Waals surface area contributed by atoms with E-state index in [1.807, 2.05) is 12.3 Å². The summed E-state index contributed by atoms with van der Waals surface area (Å²) in [6.45, 7) is 14.6. The van der Waals surface area contributed by atoms with Crippen LogP contribution >= 0.6 is 0 Å². The molecule has 3 aromatic rings. The summed E-state index contributed by atoms with van der Waals surface area (Å²) in [7, 11) is 6.19. The molecule has 3 heteroatoms. The van der Waals surface area contributed by atoms with Crippen LogP contribution < -0.4 is 5.46 Å². The first-order valence-electron chi connectivity index (χ1n) is 10.1. The Labute approximate surface area is 165 Å². The average Bonchev–Trinajstić information content (AvgIpc) is 2.93. The van der Waals surface area contributed by atoms with Gasteiger partial charge in [-0.1, -0.05) is 58.6 Å². The molecule has 2 heterocycles. The maximum absolute atomic E-state index is 6.19. The first kappa shape index (κ1) is 19.7. The van der Waals surface area contributed by atoms with Crippen LogP contribution in [0, 0.1) is 5.41 Å². The maximum atomic E-state index is 6.19. The van der Waals surface area contributed by atoms with Crippen molar-refractivity contribution < 1.29 is 0 Å². The smallest absolute Gasteiger partial charge is 0.113 e. The fraction of sp³-hybridized carbons (Fsp3) is 0.458. The van der Waals surface area contributed by atoms with Gasteiger partial charge in [0.2, 0.25) is 0 Å². The predicted octanol–water partition coefficient (Wildman–Crippen LogP) is 5.62. The zero-order valence-electron chi connectivity index (χ0n) is 17.6. The molecule has 0 bridgehead atoms. The van der Waals surface area contributed by atoms with E-state index < -0.39 is 0 Å². The van der Waals surface area contributed by atoms with Crippen molar-refractivity contribution in [1.29, 1.82) is 0 Å². The Balaban J connectivity index is 2.40. The summed E-state index contributed by atoms with van der Waals surface area (Å²) < 4.78 is 2.44. The molecule has 0 saturated heterocycles. The highest BCUT2D eigenvalue weighted by molar-refractivity contribution is 6.33. The number of hydrogen-bond donors (Lipinski definition) is 0. The lowest BCUT2D eigenvalue weighted by atomic mass is 9.81. The van der Waals surface area contributed by atoms with Crippen LogP contribution in [0.4, 0.5) is 0 Å². The summed E-state index contributed by atoms with van der Waals surface area (Å²) in [6.07, 6.45) is 4.07. The van der Waals surface area contributed by atoms with Gasteiger partial charge >= 0.3 is 0 Å². The lowest BCUT2D eigenvalue weighted by molar-refractivity contribution is 0.350. The summed E-state index contributed by atoms with van der Waals surface area (Å²) in [5.74, 6) is 0.377. The number of pyridine rings is 1. The molecule has 0 amide bonds. The highest BCUT2D eigenvalue weighted by Gasteiger charge is 2.26. The summed E-state index contributed by atoms with van der Waals surface area (Å²) in [6, 6.07) is 10.6. The van der Waals surface area contributed by atoms with Gasteiger partial charge < -0.3 is 4.57 Å². The quantitative estimate of drug-likeness (QED) is 0.523. The van der Waals surface area contributed by atoms with Crippen molar-refractivity contribution in [3.63, 3.8) is 0 Å². The van der Waals surface area contributed by atoms with Crippen LogP contribution in [-0.2, 0) is 13.0 Å². The molecule has 3 rings (SSSR count). The second kappa shape index (κ2) is 7.54. The molecule has 140 valence electrons. The second-order valence-electron chi connectivity index (χ2n) is 8.63. The van der Waals surface area contributed by atoms with Gasteiger partial charge in [-0.3, -0.25) is 4.98 Å². The number of aryl methyl sites for hydroxylation is 1. The molecule has 0 fully saturated rings. The van der Waals surface area contributed by atoms with Crippen LogP contribution in [0.3, 0.4) is 0 Å². The third-order valence-electron chi connectivity index (χ3n) is 5.76. The molecule has 0 aliphatic heterocycles. The molecule has 2 nitrogen and oxygen atoms in total. The molecule has 0 atom stereocenters. The van der Waals surface area contributed by atoms with E-state index in [2.05, 4.69) is 70.4 Å². The number of fused-ring (bicyclic) bond motifs is 1. The van der Waals surface area contributed by atoms with Gasteiger partial charge in [-0.05, 0) is 48.4 Å². The van der Waals surface area contributed by atoms with Crippen molar-refractivity contribution in [1.82, 2.24) is 9.55 Å². The van der Waals surface area contributed by atoms with Gasteiger partial charge in [0.15, 0.2) is 0 Å². The maximum Gasteiger partial charge on any atom is 0.113 e. The molecule has 0 saturated carbocycles. The number of nitrogens with zero attached hydrogens (tertiary/aromatic N) is 2. The molecule has 1 aromatic carbocycles. The van der Waals surface area contributed by atoms with Crippen LogP contribution in [0.5, 0.6) is 0 Å². The van der Waals surface area contributed by atoms with E-state index in [9.17, 15) is 0 Å². The van der Waals surface area contributed by atoms with E-state index in [1.165, 1.54) is 33.4 Å². The van der Waals surface area contributed by atoms with E-state index in [0.29, 0.717) is 5.92 Å². The Kier molecular flexibility index (Phi) is 5.51. The standard InChI is InChI=1S/C24H31BN2/c1-7-24(5,6)15-20-19-14-17(25)11-12-21(19)27(8-2)23(20)18-10-9-13-26-22(18)16(3)4/h9-14,16H,7-8,15H2,1-6H3. The molecule has 0 N–H and O–H groups in total. The lowest BCUT2D eigenvalue weighted by Gasteiger charge is -2.24. The van der Waals surface area contributed by atoms with Crippen molar-refractivity contribution in [2.45, 2.75) is 66.8 Å². The number of benzene rings is 1. The zero-order valence-corrected chi connectivity index (χ0v) is 17.6. The summed E-state index contributed by atoms with van der Waals surface area (Å²) in [4.78, 5) is 4.74. The van der Waals surface area contributed by atoms with Crippen LogP contribution in [0.15, 0.2) is 36.5 Å². The van der Waals surface area contributed by atoms with E-state index in [1.54, 1.807) is 0 Å². The highest BCUT2D eigenvalue weighted by Crippen LogP contribution is 2.40. The normalized spacial score (nSPS) is 12.3. The topological polar surface area (TPSA) is 17.8 Å². The number of rotatable bonds is 6. The molecule has 0 unspecified atom stereocenters. The predicted molar refractivity (Wildman–Crippen MR) is 118 cm³/mol. The molecule has 0 spiro atoms. The van der Waals surface area contributed by atoms with Gasteiger partial charge in [-0.25, -0.2) is 0 Å². The molecule has 0 aliphatic rings. The summed E-state index contributed by atoms with van der Waals surface area (Å²) >= 11 is 0. The van der Waals surface area contributed by atoms with Crippen LogP contribution in [0.2, 0.25) is 0 Å². The van der Waals surface area contributed by atoms with Gasteiger partial charge in [0.1, 0.15) is 7.85 Å². The summed E-state index contributed by atoms with van der Waals surface area (Å²) in [5, 5.41) is 1.28. The van der Waals surface area contributed by atoms with Crippen LogP contribution in [0.1, 0.15) is 65.1 Å². The molecule has 2 radical (unpaired) electrons. The minimum Gasteiger partial charge on any atom is -0.340 e. The summed E-state index contributed by atoms with van der Waals surface area (Å²) in [5.41, 5.74) is 7.46. The molecular weight excluding hydrogens is 327 g/mol. The van der Waals surface area contributed by atoms with Gasteiger partial charge in [-0.2, -0.15) is 0 Å². The zero-order chi connectivity index (χ0) is 19.8. The van der Waals surface area contributed by atoms with E-state index in [4.69, 9.17) is 12.8 Å². The Morgan fingerprint density at radius 2 is 1.89 bits per heavy atom. The van der Waals surface area contributed by atoms with Crippen molar-refractivity contribution in [2.75, 3.05) is 0 Å². The third-order valence-corrected chi connectivity index (χ3v) is 5.76. The Morgan fingerprint density at radius 1 is 1.15 bits per heavy atom. The lowest BCUT2D eigenvalue weighted by Crippen LogP contribution is -2.14. The fourth-order valence-corrected chi connectivity index (χ4v) is 3.94. The highest BCUT2D eigenvalue weighted by atomic mass is 15.0. The number of hydrogen-bond acceptors (Lipinski definition) is 1. The van der Waals surface area contributed by atoms with Gasteiger partial charge in [-0.15, -0.1) is 0 Å². The van der Waals surface area contributed by atoms with Crippen molar-refractivity contribution in [3.05, 3.63) is 47.8 Å². The van der Waals surface area contributed by atoms with E-state index >= 15 is 0 Å². The minimum absolute atomic E-state index is 0.229. The van der Waals surface area contributed by atoms with Gasteiger partial charge in [0.25, 0.3) is 0 Å². The van der Waals surface area contributed by atoms with E-state index in [-0.39, 0.29) is 5.41 Å². The molecule has 0 aliphatic carbocycles. The first-order chi connectivity index (χ1) is 12.8. The van der Waals surface area contributed by atoms with Gasteiger partial charge in [0.05, 0.1) is 11.4 Å². The largest absolute Gasteiger partial charge is 0.340 e. The second-order valence-corrected chi connectivity index (χ2v) is 8.63. The molecule has 27 heavy (non-hydrogen) atoms. The van der Waals surface area contributed by atoms with Gasteiger partial charge in [0, 0.05) is 29.2 Å². The Hall–Kier alpha value is -2.03. The first-order valence-corrected chi connectivity index (χ1v) is 10.1.